The molecule has 1 aliphatic rings. The van der Waals surface area contributed by atoms with E-state index in [9.17, 15) is 4.79 Å². The number of aromatic amines is 1. The van der Waals surface area contributed by atoms with Crippen LogP contribution in [0.3, 0.4) is 0 Å². The van der Waals surface area contributed by atoms with Crippen molar-refractivity contribution in [3.63, 3.8) is 0 Å². The molecule has 0 unspecified atom stereocenters. The zero-order chi connectivity index (χ0) is 16.9. The molecule has 1 aromatic heterocycles. The lowest BCUT2D eigenvalue weighted by atomic mass is 9.72. The maximum Gasteiger partial charge on any atom is 0.248 e. The second-order valence-electron chi connectivity index (χ2n) is 7.80. The summed E-state index contributed by atoms with van der Waals surface area (Å²) in [7, 11) is 0. The third kappa shape index (κ3) is 5.23. The van der Waals surface area contributed by atoms with Gasteiger partial charge in [-0.25, -0.2) is 0 Å². The van der Waals surface area contributed by atoms with Gasteiger partial charge in [-0.05, 0) is 59.7 Å². The number of pyridine rings is 1. The fourth-order valence-electron chi connectivity index (χ4n) is 3.39. The maximum atomic E-state index is 11.0. The van der Waals surface area contributed by atoms with Gasteiger partial charge in [0, 0.05) is 11.6 Å². The molecule has 0 amide bonds. The van der Waals surface area contributed by atoms with Crippen LogP contribution in [-0.4, -0.2) is 4.98 Å². The van der Waals surface area contributed by atoms with E-state index < -0.39 is 0 Å². The Labute approximate surface area is 140 Å². The molecule has 0 saturated heterocycles. The topological polar surface area (TPSA) is 32.9 Å². The van der Waals surface area contributed by atoms with E-state index in [1.54, 1.807) is 6.07 Å². The number of fused-ring (bicyclic) bond motifs is 1. The highest BCUT2D eigenvalue weighted by molar-refractivity contribution is 5.78. The second-order valence-corrected chi connectivity index (χ2v) is 7.80. The van der Waals surface area contributed by atoms with Crippen LogP contribution in [0.1, 0.15) is 65.4 Å². The molecule has 1 N–H and O–H groups in total. The van der Waals surface area contributed by atoms with Gasteiger partial charge >= 0.3 is 0 Å². The SMILES string of the molecule is CC(C)(C)C1CCCCC1.CCc1ccc2[nH]c(=O)ccc2c1. The summed E-state index contributed by atoms with van der Waals surface area (Å²) < 4.78 is 0. The summed E-state index contributed by atoms with van der Waals surface area (Å²) in [4.78, 5) is 13.8. The van der Waals surface area contributed by atoms with E-state index in [0.29, 0.717) is 5.41 Å². The lowest BCUT2D eigenvalue weighted by Gasteiger charge is -2.33. The van der Waals surface area contributed by atoms with Gasteiger partial charge in [0.1, 0.15) is 0 Å². The number of rotatable bonds is 1. The van der Waals surface area contributed by atoms with Crippen molar-refractivity contribution in [2.75, 3.05) is 0 Å². The summed E-state index contributed by atoms with van der Waals surface area (Å²) >= 11 is 0. The highest BCUT2D eigenvalue weighted by atomic mass is 16.1. The number of aromatic nitrogens is 1. The van der Waals surface area contributed by atoms with Gasteiger partial charge in [-0.3, -0.25) is 4.79 Å². The quantitative estimate of drug-likeness (QED) is 0.719. The molecule has 1 fully saturated rings. The monoisotopic (exact) mass is 313 g/mol. The van der Waals surface area contributed by atoms with Crippen LogP contribution in [0.2, 0.25) is 0 Å². The van der Waals surface area contributed by atoms with Crippen molar-refractivity contribution in [1.82, 2.24) is 4.98 Å². The van der Waals surface area contributed by atoms with E-state index in [0.717, 1.165) is 23.2 Å². The Morgan fingerprint density at radius 3 is 2.30 bits per heavy atom. The third-order valence-electron chi connectivity index (χ3n) is 5.03. The molecule has 1 heterocycles. The molecule has 0 atom stereocenters. The Morgan fingerprint density at radius 1 is 1.04 bits per heavy atom. The van der Waals surface area contributed by atoms with E-state index in [2.05, 4.69) is 38.7 Å². The average Bonchev–Trinajstić information content (AvgIpc) is 2.55. The van der Waals surface area contributed by atoms with E-state index in [1.807, 2.05) is 18.2 Å². The van der Waals surface area contributed by atoms with Crippen molar-refractivity contribution < 1.29 is 0 Å². The van der Waals surface area contributed by atoms with Crippen LogP contribution < -0.4 is 5.56 Å². The Bertz CT molecular complexity index is 672. The van der Waals surface area contributed by atoms with Crippen LogP contribution in [0.4, 0.5) is 0 Å². The standard InChI is InChI=1S/C11H11NO.C10H20/c1-2-8-3-5-10-9(7-8)4-6-11(13)12-10;1-10(2,3)9-7-5-4-6-8-9/h3-7H,2H2,1H3,(H,12,13);9H,4-8H2,1-3H3. The van der Waals surface area contributed by atoms with Crippen LogP contribution in [0.25, 0.3) is 10.9 Å². The molecule has 2 aromatic rings. The lowest BCUT2D eigenvalue weighted by molar-refractivity contribution is 0.180. The normalized spacial score (nSPS) is 16.0. The van der Waals surface area contributed by atoms with Crippen molar-refractivity contribution in [3.8, 4) is 0 Å². The van der Waals surface area contributed by atoms with Gasteiger partial charge in [-0.1, -0.05) is 53.0 Å². The van der Waals surface area contributed by atoms with Crippen LogP contribution in [0.15, 0.2) is 35.1 Å². The van der Waals surface area contributed by atoms with Crippen LogP contribution >= 0.6 is 0 Å². The summed E-state index contributed by atoms with van der Waals surface area (Å²) in [6, 6.07) is 9.51. The van der Waals surface area contributed by atoms with E-state index in [1.165, 1.54) is 37.7 Å². The largest absolute Gasteiger partial charge is 0.322 e. The van der Waals surface area contributed by atoms with Gasteiger partial charge in [-0.2, -0.15) is 0 Å². The highest BCUT2D eigenvalue weighted by Gasteiger charge is 2.25. The predicted octanol–water partition coefficient (Wildman–Crippen LogP) is 5.70. The predicted molar refractivity (Wildman–Crippen MR) is 100.0 cm³/mol. The summed E-state index contributed by atoms with van der Waals surface area (Å²) in [5, 5.41) is 1.10. The summed E-state index contributed by atoms with van der Waals surface area (Å²) in [6.07, 6.45) is 8.40. The fourth-order valence-corrected chi connectivity index (χ4v) is 3.39. The zero-order valence-corrected chi connectivity index (χ0v) is 15.1. The molecule has 2 nitrogen and oxygen atoms in total. The highest BCUT2D eigenvalue weighted by Crippen LogP contribution is 2.37. The van der Waals surface area contributed by atoms with E-state index >= 15 is 0 Å². The van der Waals surface area contributed by atoms with Gasteiger partial charge in [-0.15, -0.1) is 0 Å². The van der Waals surface area contributed by atoms with Crippen molar-refractivity contribution in [2.45, 2.75) is 66.2 Å². The summed E-state index contributed by atoms with van der Waals surface area (Å²) in [5.74, 6) is 1.00. The molecule has 1 aliphatic carbocycles. The summed E-state index contributed by atoms with van der Waals surface area (Å²) in [6.45, 7) is 9.25. The number of nitrogens with one attached hydrogen (secondary N) is 1. The van der Waals surface area contributed by atoms with Crippen molar-refractivity contribution in [2.24, 2.45) is 11.3 Å². The Balaban J connectivity index is 0.000000174. The minimum absolute atomic E-state index is 0.0447. The average molecular weight is 313 g/mol. The number of aryl methyl sites for hydroxylation is 1. The Kier molecular flexibility index (Phi) is 6.04. The molecule has 23 heavy (non-hydrogen) atoms. The third-order valence-corrected chi connectivity index (χ3v) is 5.03. The van der Waals surface area contributed by atoms with Crippen LogP contribution in [0.5, 0.6) is 0 Å². The van der Waals surface area contributed by atoms with Gasteiger partial charge in [0.2, 0.25) is 5.56 Å². The molecule has 2 heteroatoms. The first-order valence-electron chi connectivity index (χ1n) is 9.02. The minimum atomic E-state index is -0.0447. The molecule has 126 valence electrons. The van der Waals surface area contributed by atoms with E-state index in [-0.39, 0.29) is 5.56 Å². The first-order valence-corrected chi connectivity index (χ1v) is 9.02. The Morgan fingerprint density at radius 2 is 1.74 bits per heavy atom. The lowest BCUT2D eigenvalue weighted by Crippen LogP contribution is -2.22. The molecular formula is C21H31NO. The number of hydrogen-bond donors (Lipinski definition) is 1. The molecule has 0 bridgehead atoms. The molecule has 0 aliphatic heterocycles. The molecule has 0 spiro atoms. The molecular weight excluding hydrogens is 282 g/mol. The van der Waals surface area contributed by atoms with Gasteiger partial charge < -0.3 is 4.98 Å². The number of hydrogen-bond acceptors (Lipinski definition) is 1. The van der Waals surface area contributed by atoms with E-state index in [4.69, 9.17) is 0 Å². The smallest absolute Gasteiger partial charge is 0.248 e. The van der Waals surface area contributed by atoms with Crippen molar-refractivity contribution >= 4 is 10.9 Å². The second kappa shape index (κ2) is 7.81. The zero-order valence-electron chi connectivity index (χ0n) is 15.1. The molecule has 3 rings (SSSR count). The molecule has 1 saturated carbocycles. The fraction of sp³-hybridized carbons (Fsp3) is 0.571. The van der Waals surface area contributed by atoms with Gasteiger partial charge in [0.15, 0.2) is 0 Å². The number of benzene rings is 1. The Hall–Kier alpha value is -1.57. The van der Waals surface area contributed by atoms with Crippen LogP contribution in [-0.2, 0) is 6.42 Å². The molecule has 1 aromatic carbocycles. The minimum Gasteiger partial charge on any atom is -0.322 e. The van der Waals surface area contributed by atoms with Crippen molar-refractivity contribution in [3.05, 3.63) is 46.2 Å². The van der Waals surface area contributed by atoms with Crippen molar-refractivity contribution in [1.29, 1.82) is 0 Å². The van der Waals surface area contributed by atoms with Crippen LogP contribution in [0, 0.1) is 11.3 Å². The first kappa shape index (κ1) is 17.8. The summed E-state index contributed by atoms with van der Waals surface area (Å²) in [5.41, 5.74) is 2.72. The maximum absolute atomic E-state index is 11.0. The van der Waals surface area contributed by atoms with Gasteiger partial charge in [0.05, 0.1) is 0 Å². The molecule has 0 radical (unpaired) electrons. The first-order chi connectivity index (χ1) is 10.9. The number of H-pyrrole nitrogens is 1. The van der Waals surface area contributed by atoms with Gasteiger partial charge in [0.25, 0.3) is 0 Å².